The smallest absolute Gasteiger partial charge is 0.321 e. The third-order valence-electron chi connectivity index (χ3n) is 4.14. The van der Waals surface area contributed by atoms with Crippen LogP contribution in [0.4, 0.5) is 14.3 Å². The zero-order valence-electron chi connectivity index (χ0n) is 16.5. The van der Waals surface area contributed by atoms with Gasteiger partial charge in [0.2, 0.25) is 10.0 Å². The van der Waals surface area contributed by atoms with Crippen molar-refractivity contribution in [2.24, 2.45) is 0 Å². The van der Waals surface area contributed by atoms with Crippen LogP contribution >= 0.6 is 11.3 Å². The lowest BCUT2D eigenvalue weighted by atomic mass is 10.2. The van der Waals surface area contributed by atoms with Crippen molar-refractivity contribution in [3.8, 4) is 0 Å². The van der Waals surface area contributed by atoms with Crippen molar-refractivity contribution < 1.29 is 22.1 Å². The summed E-state index contributed by atoms with van der Waals surface area (Å²) in [6.07, 6.45) is 0. The molecule has 2 heterocycles. The van der Waals surface area contributed by atoms with Gasteiger partial charge < -0.3 is 9.84 Å². The molecule has 1 aromatic carbocycles. The lowest BCUT2D eigenvalue weighted by molar-refractivity contribution is 0.251. The van der Waals surface area contributed by atoms with E-state index >= 15 is 0 Å². The second kappa shape index (κ2) is 8.90. The van der Waals surface area contributed by atoms with Crippen LogP contribution in [0.5, 0.6) is 0 Å². The van der Waals surface area contributed by atoms with Crippen molar-refractivity contribution in [2.75, 3.05) is 12.4 Å². The van der Waals surface area contributed by atoms with Crippen LogP contribution in [0.3, 0.4) is 0 Å². The molecule has 0 fully saturated rings. The first-order chi connectivity index (χ1) is 14.2. The monoisotopic (exact) mass is 453 g/mol. The van der Waals surface area contributed by atoms with Gasteiger partial charge in [-0.25, -0.2) is 22.6 Å². The molecule has 160 valence electrons. The molecule has 0 saturated carbocycles. The molecule has 0 aliphatic carbocycles. The summed E-state index contributed by atoms with van der Waals surface area (Å²) in [6.45, 7) is 3.26. The summed E-state index contributed by atoms with van der Waals surface area (Å²) in [6, 6.07) is 5.41. The van der Waals surface area contributed by atoms with Crippen molar-refractivity contribution in [3.05, 3.63) is 58.2 Å². The standard InChI is InChI=1S/C18H20FN5O4S2/c1-11-16(12(2)28-23-11)30(26,27)24(3)9-15-10-29-18(21-15)22-17(25)20-8-13-5-4-6-14(19)7-13/h4-7,10H,8-9H2,1-3H3,(H2,20,21,22,25). The highest BCUT2D eigenvalue weighted by atomic mass is 32.2. The van der Waals surface area contributed by atoms with Crippen molar-refractivity contribution in [3.63, 3.8) is 0 Å². The molecule has 0 radical (unpaired) electrons. The molecule has 0 atom stereocenters. The Kier molecular flexibility index (Phi) is 6.48. The summed E-state index contributed by atoms with van der Waals surface area (Å²) >= 11 is 1.16. The number of anilines is 1. The topological polar surface area (TPSA) is 117 Å². The summed E-state index contributed by atoms with van der Waals surface area (Å²) in [4.78, 5) is 16.3. The first-order valence-electron chi connectivity index (χ1n) is 8.79. The van der Waals surface area contributed by atoms with Gasteiger partial charge in [-0.15, -0.1) is 11.3 Å². The number of amides is 2. The minimum Gasteiger partial charge on any atom is -0.360 e. The largest absolute Gasteiger partial charge is 0.360 e. The van der Waals surface area contributed by atoms with Crippen molar-refractivity contribution >= 4 is 32.5 Å². The van der Waals surface area contributed by atoms with Gasteiger partial charge in [0, 0.05) is 19.0 Å². The van der Waals surface area contributed by atoms with Crippen molar-refractivity contribution in [1.29, 1.82) is 0 Å². The van der Waals surface area contributed by atoms with Crippen LogP contribution in [0.15, 0.2) is 39.1 Å². The number of halogens is 1. The Morgan fingerprint density at radius 1 is 1.33 bits per heavy atom. The maximum Gasteiger partial charge on any atom is 0.321 e. The molecule has 2 amide bonds. The molecule has 0 unspecified atom stereocenters. The highest BCUT2D eigenvalue weighted by molar-refractivity contribution is 7.89. The van der Waals surface area contributed by atoms with E-state index in [1.807, 2.05) is 0 Å². The number of aryl methyl sites for hydroxylation is 2. The first kappa shape index (κ1) is 21.9. The van der Waals surface area contributed by atoms with E-state index in [2.05, 4.69) is 20.8 Å². The molecule has 3 aromatic rings. The molecule has 30 heavy (non-hydrogen) atoms. The molecule has 9 nitrogen and oxygen atoms in total. The van der Waals surface area contributed by atoms with Gasteiger partial charge in [0.25, 0.3) is 0 Å². The van der Waals surface area contributed by atoms with Crippen LogP contribution in [-0.2, 0) is 23.1 Å². The van der Waals surface area contributed by atoms with Crippen LogP contribution in [-0.4, -0.2) is 35.9 Å². The Morgan fingerprint density at radius 3 is 2.77 bits per heavy atom. The second-order valence-electron chi connectivity index (χ2n) is 6.50. The zero-order valence-corrected chi connectivity index (χ0v) is 18.1. The van der Waals surface area contributed by atoms with E-state index in [1.54, 1.807) is 24.4 Å². The molecule has 0 bridgehead atoms. The maximum atomic E-state index is 13.2. The van der Waals surface area contributed by atoms with Gasteiger partial charge in [0.15, 0.2) is 10.9 Å². The molecule has 2 aromatic heterocycles. The van der Waals surface area contributed by atoms with Crippen molar-refractivity contribution in [1.82, 2.24) is 19.8 Å². The normalized spacial score (nSPS) is 11.6. The van der Waals surface area contributed by atoms with Crippen LogP contribution < -0.4 is 10.6 Å². The first-order valence-corrected chi connectivity index (χ1v) is 11.1. The highest BCUT2D eigenvalue weighted by Gasteiger charge is 2.29. The minimum absolute atomic E-state index is 0.00941. The van der Waals surface area contributed by atoms with Gasteiger partial charge >= 0.3 is 6.03 Å². The van der Waals surface area contributed by atoms with E-state index in [1.165, 1.54) is 26.1 Å². The van der Waals surface area contributed by atoms with Gasteiger partial charge in [-0.3, -0.25) is 5.32 Å². The third kappa shape index (κ3) is 5.01. The van der Waals surface area contributed by atoms with Crippen LogP contribution in [0.1, 0.15) is 22.7 Å². The number of carbonyl (C=O) groups is 1. The molecule has 12 heteroatoms. The molecule has 0 aliphatic rings. The Balaban J connectivity index is 1.58. The summed E-state index contributed by atoms with van der Waals surface area (Å²) in [5.74, 6) is -0.162. The van der Waals surface area contributed by atoms with E-state index in [9.17, 15) is 17.6 Å². The number of rotatable bonds is 7. The number of benzene rings is 1. The number of hydrogen-bond donors (Lipinski definition) is 2. The number of urea groups is 1. The Labute approximate surface area is 177 Å². The lowest BCUT2D eigenvalue weighted by Gasteiger charge is -2.15. The number of aromatic nitrogens is 2. The molecule has 0 saturated heterocycles. The Bertz CT molecular complexity index is 1140. The average Bonchev–Trinajstić information content (AvgIpc) is 3.26. The summed E-state index contributed by atoms with van der Waals surface area (Å²) in [5, 5.41) is 10.8. The SMILES string of the molecule is Cc1noc(C)c1S(=O)(=O)N(C)Cc1csc(NC(=O)NCc2cccc(F)c2)n1. The Hall–Kier alpha value is -2.83. The summed E-state index contributed by atoms with van der Waals surface area (Å²) in [7, 11) is -2.37. The molecule has 0 aliphatic heterocycles. The van der Waals surface area contributed by atoms with E-state index in [-0.39, 0.29) is 35.3 Å². The molecule has 0 spiro atoms. The highest BCUT2D eigenvalue weighted by Crippen LogP contribution is 2.24. The minimum atomic E-state index is -3.80. The van der Waals surface area contributed by atoms with Crippen LogP contribution in [0.25, 0.3) is 0 Å². The number of thiazole rings is 1. The number of sulfonamides is 1. The quantitative estimate of drug-likeness (QED) is 0.568. The van der Waals surface area contributed by atoms with Gasteiger partial charge in [-0.1, -0.05) is 17.3 Å². The molecular formula is C18H20FN5O4S2. The van der Waals surface area contributed by atoms with Gasteiger partial charge in [0.1, 0.15) is 16.4 Å². The average molecular weight is 454 g/mol. The fraction of sp³-hybridized carbons (Fsp3) is 0.278. The number of nitrogens with zero attached hydrogens (tertiary/aromatic N) is 3. The fourth-order valence-corrected chi connectivity index (χ4v) is 4.84. The van der Waals surface area contributed by atoms with E-state index in [0.717, 1.165) is 15.6 Å². The van der Waals surface area contributed by atoms with Gasteiger partial charge in [0.05, 0.1) is 12.2 Å². The summed E-state index contributed by atoms with van der Waals surface area (Å²) in [5.41, 5.74) is 1.38. The maximum absolute atomic E-state index is 13.2. The van der Waals surface area contributed by atoms with E-state index in [0.29, 0.717) is 16.4 Å². The third-order valence-corrected chi connectivity index (χ3v) is 6.99. The van der Waals surface area contributed by atoms with E-state index < -0.39 is 16.1 Å². The molecule has 2 N–H and O–H groups in total. The van der Waals surface area contributed by atoms with Crippen LogP contribution in [0, 0.1) is 19.7 Å². The second-order valence-corrected chi connectivity index (χ2v) is 9.34. The lowest BCUT2D eigenvalue weighted by Crippen LogP contribution is -2.28. The fourth-order valence-electron chi connectivity index (χ4n) is 2.72. The molecule has 3 rings (SSSR count). The number of nitrogens with one attached hydrogen (secondary N) is 2. The Morgan fingerprint density at radius 2 is 2.10 bits per heavy atom. The molecular weight excluding hydrogens is 433 g/mol. The van der Waals surface area contributed by atoms with Crippen molar-refractivity contribution in [2.45, 2.75) is 31.8 Å². The summed E-state index contributed by atoms with van der Waals surface area (Å²) < 4.78 is 44.8. The number of carbonyl (C=O) groups excluding carboxylic acids is 1. The predicted octanol–water partition coefficient (Wildman–Crippen LogP) is 3.03. The van der Waals surface area contributed by atoms with Gasteiger partial charge in [-0.2, -0.15) is 4.31 Å². The van der Waals surface area contributed by atoms with E-state index in [4.69, 9.17) is 4.52 Å². The van der Waals surface area contributed by atoms with Gasteiger partial charge in [-0.05, 0) is 31.5 Å². The number of hydrogen-bond acceptors (Lipinski definition) is 7. The zero-order chi connectivity index (χ0) is 21.9. The van der Waals surface area contributed by atoms with Crippen LogP contribution in [0.2, 0.25) is 0 Å². The predicted molar refractivity (Wildman–Crippen MR) is 109 cm³/mol.